The molecule has 1 amide bonds. The molecule has 216 valence electrons. The number of hydrogen-bond donors (Lipinski definition) is 2. The summed E-state index contributed by atoms with van der Waals surface area (Å²) in [5.74, 6) is -2.28. The number of carbonyl (C=O) groups is 2. The number of aryl methyl sites for hydroxylation is 1. The van der Waals surface area contributed by atoms with E-state index in [1.165, 1.54) is 6.07 Å². The summed E-state index contributed by atoms with van der Waals surface area (Å²) in [5, 5.41) is 13.3. The topological polar surface area (TPSA) is 86.9 Å². The number of aromatic carboxylic acids is 1. The lowest BCUT2D eigenvalue weighted by Crippen LogP contribution is -2.53. The summed E-state index contributed by atoms with van der Waals surface area (Å²) in [6.45, 7) is 2.47. The van der Waals surface area contributed by atoms with Gasteiger partial charge in [0.2, 0.25) is 5.91 Å². The number of nitrogens with one attached hydrogen (secondary N) is 1. The first-order chi connectivity index (χ1) is 19.7. The number of benzene rings is 2. The SMILES string of the molecule is C.Cc1cn2c3c(nc2cc1C(=O)O)[C@@H]1[C@H](C3)N(CC2CC2)[C@@]2(C(=O)Nc3cc(Cl)ccc32)[C@H]1c1cccc(Cl)c1F. The number of carboxylic acid groups (broad SMARTS) is 1. The summed E-state index contributed by atoms with van der Waals surface area (Å²) < 4.78 is 18.1. The van der Waals surface area contributed by atoms with Gasteiger partial charge >= 0.3 is 5.97 Å². The van der Waals surface area contributed by atoms with Crippen LogP contribution in [0, 0.1) is 18.7 Å². The Labute approximate surface area is 252 Å². The van der Waals surface area contributed by atoms with Crippen LogP contribution in [0.3, 0.4) is 0 Å². The normalized spacial score (nSPS) is 25.8. The monoisotopic (exact) mass is 606 g/mol. The molecule has 1 spiro atoms. The average molecular weight is 608 g/mol. The smallest absolute Gasteiger partial charge is 0.336 e. The van der Waals surface area contributed by atoms with Crippen LogP contribution in [0.25, 0.3) is 5.65 Å². The van der Waals surface area contributed by atoms with E-state index in [2.05, 4.69) is 10.2 Å². The Morgan fingerprint density at radius 1 is 1.21 bits per heavy atom. The molecule has 4 heterocycles. The van der Waals surface area contributed by atoms with Gasteiger partial charge in [0.25, 0.3) is 0 Å². The zero-order valence-corrected chi connectivity index (χ0v) is 23.5. The number of likely N-dealkylation sites (tertiary alicyclic amines) is 1. The van der Waals surface area contributed by atoms with Gasteiger partial charge in [-0.05, 0) is 61.1 Å². The minimum atomic E-state index is -1.20. The number of rotatable bonds is 4. The number of hydrogen-bond acceptors (Lipinski definition) is 4. The first kappa shape index (κ1) is 27.4. The quantitative estimate of drug-likeness (QED) is 0.267. The second-order valence-electron chi connectivity index (χ2n) is 11.8. The third-order valence-corrected chi connectivity index (χ3v) is 10.1. The lowest BCUT2D eigenvalue weighted by molar-refractivity contribution is -0.128. The van der Waals surface area contributed by atoms with Crippen molar-refractivity contribution >= 4 is 46.4 Å². The van der Waals surface area contributed by atoms with Gasteiger partial charge in [-0.1, -0.05) is 48.8 Å². The standard InChI is InChI=1S/C31H25Cl2FN4O3.CH4/c1-14-12-37-23-11-22-25(28(23)36-24(37)10-18(14)29(39)40)26(17-3-2-4-20(33)27(17)34)31(38(22)13-15-5-6-15)19-8-7-16(32)9-21(19)35-30(31)41;/h2-4,7-10,12,15,22,25-26H,5-6,11,13H2,1H3,(H,35,41)(H,39,40);1H4/t22-,25+,26-,31+;/m0./s1. The van der Waals surface area contributed by atoms with Gasteiger partial charge in [-0.2, -0.15) is 0 Å². The first-order valence-electron chi connectivity index (χ1n) is 13.8. The van der Waals surface area contributed by atoms with Crippen LogP contribution in [0.15, 0.2) is 48.7 Å². The Balaban J connectivity index is 0.00000288. The molecule has 42 heavy (non-hydrogen) atoms. The molecule has 1 saturated carbocycles. The molecule has 4 atom stereocenters. The second kappa shape index (κ2) is 9.27. The van der Waals surface area contributed by atoms with Crippen molar-refractivity contribution in [3.63, 3.8) is 0 Å². The van der Waals surface area contributed by atoms with Crippen LogP contribution in [-0.4, -0.2) is 43.9 Å². The Hall–Kier alpha value is -3.46. The van der Waals surface area contributed by atoms with Crippen LogP contribution < -0.4 is 5.32 Å². The van der Waals surface area contributed by atoms with E-state index in [4.69, 9.17) is 28.2 Å². The van der Waals surface area contributed by atoms with Gasteiger partial charge in [-0.15, -0.1) is 0 Å². The van der Waals surface area contributed by atoms with E-state index in [1.807, 2.05) is 16.7 Å². The molecular formula is C32H29Cl2FN4O3. The van der Waals surface area contributed by atoms with Crippen molar-refractivity contribution in [2.45, 2.75) is 57.0 Å². The molecule has 2 fully saturated rings. The van der Waals surface area contributed by atoms with Crippen molar-refractivity contribution in [1.82, 2.24) is 14.3 Å². The molecule has 1 saturated heterocycles. The number of aromatic nitrogens is 2. The third kappa shape index (κ3) is 3.52. The molecule has 2 aromatic carbocycles. The van der Waals surface area contributed by atoms with Crippen LogP contribution in [0.5, 0.6) is 0 Å². The molecule has 0 unspecified atom stereocenters. The zero-order valence-electron chi connectivity index (χ0n) is 22.0. The van der Waals surface area contributed by atoms with Crippen molar-refractivity contribution in [3.05, 3.63) is 98.2 Å². The van der Waals surface area contributed by atoms with Gasteiger partial charge in [0.05, 0.1) is 16.3 Å². The van der Waals surface area contributed by atoms with Gasteiger partial charge in [-0.25, -0.2) is 14.2 Å². The highest BCUT2D eigenvalue weighted by atomic mass is 35.5. The first-order valence-corrected chi connectivity index (χ1v) is 14.5. The Morgan fingerprint density at radius 3 is 2.74 bits per heavy atom. The van der Waals surface area contributed by atoms with E-state index in [0.29, 0.717) is 46.4 Å². The van der Waals surface area contributed by atoms with Gasteiger partial charge in [0.15, 0.2) is 0 Å². The molecule has 2 aromatic heterocycles. The number of carbonyl (C=O) groups excluding carboxylic acids is 1. The van der Waals surface area contributed by atoms with Crippen LogP contribution in [0.2, 0.25) is 10.0 Å². The van der Waals surface area contributed by atoms with Crippen molar-refractivity contribution < 1.29 is 19.1 Å². The summed E-state index contributed by atoms with van der Waals surface area (Å²) in [5.41, 5.74) is 3.67. The predicted molar refractivity (Wildman–Crippen MR) is 159 cm³/mol. The summed E-state index contributed by atoms with van der Waals surface area (Å²) in [4.78, 5) is 33.6. The van der Waals surface area contributed by atoms with Crippen LogP contribution >= 0.6 is 23.2 Å². The molecular weight excluding hydrogens is 578 g/mol. The zero-order chi connectivity index (χ0) is 28.4. The minimum absolute atomic E-state index is 0. The lowest BCUT2D eigenvalue weighted by Gasteiger charge is -2.40. The highest BCUT2D eigenvalue weighted by molar-refractivity contribution is 6.31. The maximum Gasteiger partial charge on any atom is 0.336 e. The predicted octanol–water partition coefficient (Wildman–Crippen LogP) is 6.79. The Morgan fingerprint density at radius 2 is 2.00 bits per heavy atom. The fourth-order valence-electron chi connectivity index (χ4n) is 7.77. The number of pyridine rings is 1. The number of imidazole rings is 1. The molecule has 8 rings (SSSR count). The van der Waals surface area contributed by atoms with Gasteiger partial charge in [-0.3, -0.25) is 9.69 Å². The van der Waals surface area contributed by atoms with Gasteiger partial charge in [0, 0.05) is 59.0 Å². The van der Waals surface area contributed by atoms with E-state index in [0.717, 1.165) is 29.8 Å². The van der Waals surface area contributed by atoms with Gasteiger partial charge in [0.1, 0.15) is 17.0 Å². The molecule has 0 bridgehead atoms. The van der Waals surface area contributed by atoms with Crippen LogP contribution in [-0.2, 0) is 16.8 Å². The highest BCUT2D eigenvalue weighted by Gasteiger charge is 2.69. The fraction of sp³-hybridized carbons (Fsp3) is 0.344. The average Bonchev–Trinajstić information content (AvgIpc) is 3.39. The number of anilines is 1. The van der Waals surface area contributed by atoms with E-state index in [1.54, 1.807) is 37.3 Å². The fourth-order valence-corrected chi connectivity index (χ4v) is 8.12. The molecule has 7 nitrogen and oxygen atoms in total. The van der Waals surface area contributed by atoms with Crippen molar-refractivity contribution in [1.29, 1.82) is 0 Å². The minimum Gasteiger partial charge on any atom is -0.478 e. The largest absolute Gasteiger partial charge is 0.478 e. The molecule has 2 N–H and O–H groups in total. The van der Waals surface area contributed by atoms with Crippen molar-refractivity contribution in [2.24, 2.45) is 5.92 Å². The maximum absolute atomic E-state index is 16.1. The highest BCUT2D eigenvalue weighted by Crippen LogP contribution is 2.65. The summed E-state index contributed by atoms with van der Waals surface area (Å²) in [6, 6.07) is 11.9. The molecule has 4 aromatic rings. The van der Waals surface area contributed by atoms with Crippen LogP contribution in [0.1, 0.15) is 70.5 Å². The van der Waals surface area contributed by atoms with E-state index < -0.39 is 23.2 Å². The summed E-state index contributed by atoms with van der Waals surface area (Å²) in [6.07, 6.45) is 4.58. The molecule has 2 aliphatic heterocycles. The number of halogens is 3. The number of carboxylic acids is 1. The number of nitrogens with zero attached hydrogens (tertiary/aromatic N) is 3. The molecule has 4 aliphatic rings. The second-order valence-corrected chi connectivity index (χ2v) is 12.6. The maximum atomic E-state index is 16.1. The van der Waals surface area contributed by atoms with Crippen LogP contribution in [0.4, 0.5) is 10.1 Å². The third-order valence-electron chi connectivity index (χ3n) is 9.57. The van der Waals surface area contributed by atoms with Crippen molar-refractivity contribution in [3.8, 4) is 0 Å². The lowest BCUT2D eigenvalue weighted by atomic mass is 9.71. The molecule has 0 radical (unpaired) electrons. The Bertz CT molecular complexity index is 1840. The Kier molecular flexibility index (Phi) is 6.04. The molecule has 10 heteroatoms. The van der Waals surface area contributed by atoms with E-state index in [9.17, 15) is 14.7 Å². The van der Waals surface area contributed by atoms with Gasteiger partial charge < -0.3 is 14.8 Å². The summed E-state index contributed by atoms with van der Waals surface area (Å²) in [7, 11) is 0. The number of fused-ring (bicyclic) bond motifs is 7. The van der Waals surface area contributed by atoms with E-state index >= 15 is 4.39 Å². The van der Waals surface area contributed by atoms with E-state index in [-0.39, 0.29) is 35.9 Å². The summed E-state index contributed by atoms with van der Waals surface area (Å²) >= 11 is 12.7. The molecule has 2 aliphatic carbocycles. The van der Waals surface area contributed by atoms with Crippen molar-refractivity contribution in [2.75, 3.05) is 11.9 Å². The number of amides is 1.